The van der Waals surface area contributed by atoms with Crippen LogP contribution in [-0.2, 0) is 14.3 Å². The van der Waals surface area contributed by atoms with Crippen molar-refractivity contribution < 1.29 is 23.8 Å². The van der Waals surface area contributed by atoms with Crippen LogP contribution in [0.1, 0.15) is 97.3 Å². The molecule has 0 radical (unpaired) electrons. The molecule has 0 aromatic heterocycles. The Morgan fingerprint density at radius 2 is 1.85 bits per heavy atom. The molecule has 0 spiro atoms. The van der Waals surface area contributed by atoms with Gasteiger partial charge in [0.25, 0.3) is 0 Å². The summed E-state index contributed by atoms with van der Waals surface area (Å²) in [6, 6.07) is 0. The second-order valence-electron chi connectivity index (χ2n) is 7.96. The molecular weight excluding hydrogens is 347 g/mol. The van der Waals surface area contributed by atoms with Gasteiger partial charge in [0, 0.05) is 12.3 Å². The van der Waals surface area contributed by atoms with E-state index in [1.54, 1.807) is 6.92 Å². The summed E-state index contributed by atoms with van der Waals surface area (Å²) in [5.74, 6) is 0.0993. The van der Waals surface area contributed by atoms with Gasteiger partial charge >= 0.3 is 5.97 Å². The quantitative estimate of drug-likeness (QED) is 0.312. The minimum absolute atomic E-state index is 0.110. The van der Waals surface area contributed by atoms with E-state index in [0.29, 0.717) is 24.5 Å². The number of esters is 1. The lowest BCUT2D eigenvalue weighted by Gasteiger charge is -2.20. The number of hydrogen-bond acceptors (Lipinski definition) is 4. The van der Waals surface area contributed by atoms with E-state index >= 15 is 0 Å². The van der Waals surface area contributed by atoms with Crippen molar-refractivity contribution in [1.82, 2.24) is 0 Å². The molecular formula is C22H39FO4. The Bertz CT molecular complexity index is 427. The van der Waals surface area contributed by atoms with Gasteiger partial charge in [-0.3, -0.25) is 4.79 Å². The highest BCUT2D eigenvalue weighted by molar-refractivity contribution is 5.83. The maximum Gasteiger partial charge on any atom is 0.340 e. The highest BCUT2D eigenvalue weighted by Gasteiger charge is 2.33. The van der Waals surface area contributed by atoms with Crippen molar-refractivity contribution in [1.29, 1.82) is 0 Å². The zero-order valence-corrected chi connectivity index (χ0v) is 17.3. The molecule has 1 N–H and O–H groups in total. The highest BCUT2D eigenvalue weighted by atomic mass is 19.1. The predicted octanol–water partition coefficient (Wildman–Crippen LogP) is 5.15. The Hall–Kier alpha value is -0.970. The number of halogens is 1. The van der Waals surface area contributed by atoms with Gasteiger partial charge in [-0.1, -0.05) is 39.0 Å². The van der Waals surface area contributed by atoms with E-state index in [9.17, 15) is 19.1 Å². The SMILES string of the molecule is CCCCCC(O)CC[C@H]1CCC(=O)[C@@H]1CCCCCC(F)C(=O)OCC. The van der Waals surface area contributed by atoms with E-state index in [0.717, 1.165) is 64.2 Å². The van der Waals surface area contributed by atoms with Crippen LogP contribution in [-0.4, -0.2) is 35.7 Å². The Morgan fingerprint density at radius 1 is 1.11 bits per heavy atom. The third kappa shape index (κ3) is 9.68. The van der Waals surface area contributed by atoms with Crippen molar-refractivity contribution in [2.75, 3.05) is 6.61 Å². The summed E-state index contributed by atoms with van der Waals surface area (Å²) >= 11 is 0. The van der Waals surface area contributed by atoms with Crippen molar-refractivity contribution in [2.45, 2.75) is 110 Å². The first-order valence-electron chi connectivity index (χ1n) is 11.0. The number of aliphatic hydroxyl groups is 1. The van der Waals surface area contributed by atoms with Gasteiger partial charge in [0.1, 0.15) is 5.78 Å². The minimum atomic E-state index is -1.53. The second kappa shape index (κ2) is 14.1. The van der Waals surface area contributed by atoms with Crippen molar-refractivity contribution in [3.8, 4) is 0 Å². The zero-order valence-electron chi connectivity index (χ0n) is 17.3. The Labute approximate surface area is 164 Å². The van der Waals surface area contributed by atoms with Crippen molar-refractivity contribution in [3.05, 3.63) is 0 Å². The van der Waals surface area contributed by atoms with Gasteiger partial charge in [-0.15, -0.1) is 0 Å². The average Bonchev–Trinajstić information content (AvgIpc) is 3.00. The molecule has 0 saturated heterocycles. The lowest BCUT2D eigenvalue weighted by molar-refractivity contribution is -0.149. The number of Topliss-reactive ketones (excluding diaryl/α,β-unsaturated/α-hetero) is 1. The Morgan fingerprint density at radius 3 is 2.56 bits per heavy atom. The molecule has 0 aliphatic heterocycles. The van der Waals surface area contributed by atoms with Crippen LogP contribution in [0.3, 0.4) is 0 Å². The van der Waals surface area contributed by atoms with E-state index in [4.69, 9.17) is 0 Å². The van der Waals surface area contributed by atoms with Crippen LogP contribution in [0.4, 0.5) is 4.39 Å². The first kappa shape index (κ1) is 24.1. The summed E-state index contributed by atoms with van der Waals surface area (Å²) in [4.78, 5) is 23.4. The van der Waals surface area contributed by atoms with Gasteiger partial charge in [-0.2, -0.15) is 0 Å². The van der Waals surface area contributed by atoms with Crippen LogP contribution in [0.5, 0.6) is 0 Å². The van der Waals surface area contributed by atoms with E-state index in [1.807, 2.05) is 0 Å². The smallest absolute Gasteiger partial charge is 0.340 e. The fourth-order valence-electron chi connectivity index (χ4n) is 4.12. The molecule has 4 nitrogen and oxygen atoms in total. The van der Waals surface area contributed by atoms with Crippen molar-refractivity contribution in [3.63, 3.8) is 0 Å². The Kier molecular flexibility index (Phi) is 12.6. The van der Waals surface area contributed by atoms with Crippen LogP contribution < -0.4 is 0 Å². The molecule has 0 bridgehead atoms. The number of ether oxygens (including phenoxy) is 1. The summed E-state index contributed by atoms with van der Waals surface area (Å²) in [6.45, 7) is 4.04. The maximum atomic E-state index is 13.6. The van der Waals surface area contributed by atoms with Gasteiger partial charge in [0.15, 0.2) is 6.17 Å². The zero-order chi connectivity index (χ0) is 20.1. The molecule has 0 aromatic carbocycles. The summed E-state index contributed by atoms with van der Waals surface area (Å²) < 4.78 is 18.2. The van der Waals surface area contributed by atoms with Gasteiger partial charge in [0.05, 0.1) is 12.7 Å². The molecule has 1 aliphatic carbocycles. The van der Waals surface area contributed by atoms with Crippen LogP contribution in [0.2, 0.25) is 0 Å². The first-order chi connectivity index (χ1) is 13.0. The number of ketones is 1. The van der Waals surface area contributed by atoms with Crippen LogP contribution >= 0.6 is 0 Å². The lowest BCUT2D eigenvalue weighted by Crippen LogP contribution is -2.19. The summed E-state index contributed by atoms with van der Waals surface area (Å²) in [6.07, 6.45) is 9.24. The molecule has 1 aliphatic rings. The number of unbranched alkanes of at least 4 members (excludes halogenated alkanes) is 4. The number of carbonyl (C=O) groups excluding carboxylic acids is 2. The van der Waals surface area contributed by atoms with E-state index in [-0.39, 0.29) is 25.0 Å². The molecule has 2 unspecified atom stereocenters. The number of carbonyl (C=O) groups is 2. The third-order valence-electron chi connectivity index (χ3n) is 5.77. The normalized spacial score (nSPS) is 22.0. The standard InChI is InChI=1S/C22H39FO4/c1-3-5-7-10-18(24)15-13-17-14-16-21(25)19(17)11-8-6-9-12-20(23)22(26)27-4-2/h17-20,24H,3-16H2,1-2H3/t17-,18?,19+,20?/m0/s1. The van der Waals surface area contributed by atoms with Gasteiger partial charge < -0.3 is 9.84 Å². The van der Waals surface area contributed by atoms with Gasteiger partial charge in [0.2, 0.25) is 0 Å². The second-order valence-corrected chi connectivity index (χ2v) is 7.96. The number of hydrogen-bond donors (Lipinski definition) is 1. The van der Waals surface area contributed by atoms with Crippen LogP contribution in [0.15, 0.2) is 0 Å². The van der Waals surface area contributed by atoms with Crippen molar-refractivity contribution in [2.24, 2.45) is 11.8 Å². The molecule has 158 valence electrons. The number of rotatable bonds is 15. The molecule has 27 heavy (non-hydrogen) atoms. The molecule has 0 heterocycles. The fraction of sp³-hybridized carbons (Fsp3) is 0.909. The summed E-state index contributed by atoms with van der Waals surface area (Å²) in [7, 11) is 0. The molecule has 5 heteroatoms. The fourth-order valence-corrected chi connectivity index (χ4v) is 4.12. The van der Waals surface area contributed by atoms with Crippen LogP contribution in [0.25, 0.3) is 0 Å². The first-order valence-corrected chi connectivity index (χ1v) is 11.0. The third-order valence-corrected chi connectivity index (χ3v) is 5.77. The molecule has 1 rings (SSSR count). The van der Waals surface area contributed by atoms with E-state index in [1.165, 1.54) is 0 Å². The largest absolute Gasteiger partial charge is 0.464 e. The topological polar surface area (TPSA) is 63.6 Å². The van der Waals surface area contributed by atoms with Crippen LogP contribution in [0, 0.1) is 11.8 Å². The monoisotopic (exact) mass is 386 g/mol. The number of aliphatic hydroxyl groups excluding tert-OH is 1. The van der Waals surface area contributed by atoms with Gasteiger partial charge in [-0.05, 0) is 57.8 Å². The van der Waals surface area contributed by atoms with Gasteiger partial charge in [-0.25, -0.2) is 9.18 Å². The summed E-state index contributed by atoms with van der Waals surface area (Å²) in [5, 5.41) is 10.1. The molecule has 0 aromatic rings. The number of alkyl halides is 1. The highest BCUT2D eigenvalue weighted by Crippen LogP contribution is 2.36. The predicted molar refractivity (Wildman–Crippen MR) is 105 cm³/mol. The van der Waals surface area contributed by atoms with E-state index in [2.05, 4.69) is 11.7 Å². The minimum Gasteiger partial charge on any atom is -0.464 e. The average molecular weight is 387 g/mol. The maximum absolute atomic E-state index is 13.6. The lowest BCUT2D eigenvalue weighted by atomic mass is 9.86. The molecule has 1 fully saturated rings. The van der Waals surface area contributed by atoms with Crippen molar-refractivity contribution >= 4 is 11.8 Å². The van der Waals surface area contributed by atoms with E-state index < -0.39 is 12.1 Å². The molecule has 1 saturated carbocycles. The summed E-state index contributed by atoms with van der Waals surface area (Å²) in [5.41, 5.74) is 0. The Balaban J connectivity index is 2.21. The molecule has 0 amide bonds. The molecule has 4 atom stereocenters.